The van der Waals surface area contributed by atoms with Gasteiger partial charge in [-0.2, -0.15) is 0 Å². The van der Waals surface area contributed by atoms with Crippen molar-refractivity contribution in [1.82, 2.24) is 4.98 Å². The summed E-state index contributed by atoms with van der Waals surface area (Å²) in [7, 11) is 0. The molecule has 0 amide bonds. The Kier molecular flexibility index (Phi) is 3.00. The molecule has 0 saturated carbocycles. The standard InChI is InChI=1S/C14H15NO/c1-10(9-11(2)16)12-5-3-7-14-13(12)6-4-8-15-14/h3-8,10H,9H2,1-2H3. The first-order chi connectivity index (χ1) is 7.68. The van der Waals surface area contributed by atoms with Gasteiger partial charge >= 0.3 is 0 Å². The zero-order chi connectivity index (χ0) is 11.5. The summed E-state index contributed by atoms with van der Waals surface area (Å²) in [5.74, 6) is 0.485. The molecular formula is C14H15NO. The van der Waals surface area contributed by atoms with Crippen molar-refractivity contribution in [3.8, 4) is 0 Å². The lowest BCUT2D eigenvalue weighted by Crippen LogP contribution is -2.01. The van der Waals surface area contributed by atoms with Crippen LogP contribution in [0.1, 0.15) is 31.7 Å². The summed E-state index contributed by atoms with van der Waals surface area (Å²) in [4.78, 5) is 15.5. The van der Waals surface area contributed by atoms with E-state index in [9.17, 15) is 4.79 Å². The van der Waals surface area contributed by atoms with Crippen LogP contribution >= 0.6 is 0 Å². The van der Waals surface area contributed by atoms with Gasteiger partial charge in [0.1, 0.15) is 5.78 Å². The number of rotatable bonds is 3. The van der Waals surface area contributed by atoms with E-state index in [1.807, 2.05) is 18.2 Å². The lowest BCUT2D eigenvalue weighted by atomic mass is 9.93. The SMILES string of the molecule is CC(=O)CC(C)c1cccc2ncccc12. The number of hydrogen-bond acceptors (Lipinski definition) is 2. The van der Waals surface area contributed by atoms with Crippen molar-refractivity contribution in [2.75, 3.05) is 0 Å². The second-order valence-corrected chi connectivity index (χ2v) is 4.22. The monoisotopic (exact) mass is 213 g/mol. The minimum atomic E-state index is 0.230. The first-order valence-corrected chi connectivity index (χ1v) is 5.51. The van der Waals surface area contributed by atoms with Gasteiger partial charge in [0.2, 0.25) is 0 Å². The van der Waals surface area contributed by atoms with Gasteiger partial charge in [0.15, 0.2) is 0 Å². The average Bonchev–Trinajstić information content (AvgIpc) is 2.27. The Bertz CT molecular complexity index is 514. The number of carbonyl (C=O) groups is 1. The highest BCUT2D eigenvalue weighted by Crippen LogP contribution is 2.26. The molecule has 82 valence electrons. The first-order valence-electron chi connectivity index (χ1n) is 5.51. The molecule has 0 fully saturated rings. The molecule has 1 aromatic heterocycles. The first kappa shape index (κ1) is 10.8. The van der Waals surface area contributed by atoms with E-state index in [1.165, 1.54) is 5.56 Å². The van der Waals surface area contributed by atoms with Crippen molar-refractivity contribution in [2.45, 2.75) is 26.2 Å². The molecule has 1 atom stereocenters. The number of hydrogen-bond donors (Lipinski definition) is 0. The summed E-state index contributed by atoms with van der Waals surface area (Å²) >= 11 is 0. The normalized spacial score (nSPS) is 12.6. The number of ketones is 1. The maximum atomic E-state index is 11.1. The quantitative estimate of drug-likeness (QED) is 0.782. The molecule has 0 bridgehead atoms. The Hall–Kier alpha value is -1.70. The van der Waals surface area contributed by atoms with E-state index in [1.54, 1.807) is 13.1 Å². The smallest absolute Gasteiger partial charge is 0.130 e. The van der Waals surface area contributed by atoms with E-state index in [2.05, 4.69) is 24.0 Å². The van der Waals surface area contributed by atoms with E-state index in [0.717, 1.165) is 10.9 Å². The van der Waals surface area contributed by atoms with Crippen molar-refractivity contribution >= 4 is 16.7 Å². The Morgan fingerprint density at radius 2 is 2.12 bits per heavy atom. The number of pyridine rings is 1. The van der Waals surface area contributed by atoms with Gasteiger partial charge in [-0.3, -0.25) is 4.98 Å². The van der Waals surface area contributed by atoms with Crippen LogP contribution in [0.15, 0.2) is 36.5 Å². The Morgan fingerprint density at radius 3 is 2.88 bits per heavy atom. The van der Waals surface area contributed by atoms with Gasteiger partial charge in [-0.05, 0) is 30.5 Å². The van der Waals surface area contributed by atoms with Crippen LogP contribution in [0.5, 0.6) is 0 Å². The predicted octanol–water partition coefficient (Wildman–Crippen LogP) is 3.32. The Labute approximate surface area is 95.3 Å². The van der Waals surface area contributed by atoms with Crippen molar-refractivity contribution in [3.63, 3.8) is 0 Å². The highest BCUT2D eigenvalue weighted by Gasteiger charge is 2.11. The molecule has 0 saturated heterocycles. The second-order valence-electron chi connectivity index (χ2n) is 4.22. The molecule has 2 heteroatoms. The van der Waals surface area contributed by atoms with Crippen molar-refractivity contribution in [3.05, 3.63) is 42.1 Å². The van der Waals surface area contributed by atoms with E-state index in [4.69, 9.17) is 0 Å². The molecule has 0 N–H and O–H groups in total. The number of benzene rings is 1. The van der Waals surface area contributed by atoms with E-state index < -0.39 is 0 Å². The number of Topliss-reactive ketones (excluding diaryl/α,β-unsaturated/α-hetero) is 1. The molecule has 2 rings (SSSR count). The third kappa shape index (κ3) is 2.11. The zero-order valence-electron chi connectivity index (χ0n) is 9.60. The fourth-order valence-electron chi connectivity index (χ4n) is 2.10. The molecule has 0 aliphatic heterocycles. The van der Waals surface area contributed by atoms with Crippen LogP contribution in [-0.2, 0) is 4.79 Å². The predicted molar refractivity (Wildman–Crippen MR) is 65.5 cm³/mol. The van der Waals surface area contributed by atoms with Crippen LogP contribution in [-0.4, -0.2) is 10.8 Å². The molecule has 16 heavy (non-hydrogen) atoms. The summed E-state index contributed by atoms with van der Waals surface area (Å²) in [6, 6.07) is 10.1. The van der Waals surface area contributed by atoms with Gasteiger partial charge < -0.3 is 4.79 Å². The number of nitrogens with zero attached hydrogens (tertiary/aromatic N) is 1. The lowest BCUT2D eigenvalue weighted by molar-refractivity contribution is -0.117. The van der Waals surface area contributed by atoms with Gasteiger partial charge in [0, 0.05) is 18.0 Å². The minimum Gasteiger partial charge on any atom is -0.300 e. The molecule has 0 radical (unpaired) electrons. The van der Waals surface area contributed by atoms with Crippen LogP contribution in [0.3, 0.4) is 0 Å². The zero-order valence-corrected chi connectivity index (χ0v) is 9.60. The Morgan fingerprint density at radius 1 is 1.31 bits per heavy atom. The summed E-state index contributed by atoms with van der Waals surface area (Å²) < 4.78 is 0. The van der Waals surface area contributed by atoms with Gasteiger partial charge in [0.05, 0.1) is 5.52 Å². The molecular weight excluding hydrogens is 198 g/mol. The van der Waals surface area contributed by atoms with Crippen LogP contribution in [0, 0.1) is 0 Å². The number of aromatic nitrogens is 1. The maximum absolute atomic E-state index is 11.1. The third-order valence-corrected chi connectivity index (χ3v) is 2.80. The topological polar surface area (TPSA) is 30.0 Å². The molecule has 0 aliphatic rings. The fraction of sp³-hybridized carbons (Fsp3) is 0.286. The molecule has 0 aliphatic carbocycles. The molecule has 1 aromatic carbocycles. The summed E-state index contributed by atoms with van der Waals surface area (Å²) in [6.07, 6.45) is 2.38. The molecule has 1 unspecified atom stereocenters. The second kappa shape index (κ2) is 4.44. The highest BCUT2D eigenvalue weighted by atomic mass is 16.1. The number of fused-ring (bicyclic) bond motifs is 1. The summed E-state index contributed by atoms with van der Waals surface area (Å²) in [5.41, 5.74) is 2.20. The molecule has 1 heterocycles. The van der Waals surface area contributed by atoms with Gasteiger partial charge in [-0.25, -0.2) is 0 Å². The molecule has 2 aromatic rings. The number of carbonyl (C=O) groups excluding carboxylic acids is 1. The maximum Gasteiger partial charge on any atom is 0.130 e. The molecule has 2 nitrogen and oxygen atoms in total. The molecule has 0 spiro atoms. The van der Waals surface area contributed by atoms with Gasteiger partial charge in [-0.15, -0.1) is 0 Å². The fourth-order valence-corrected chi connectivity index (χ4v) is 2.10. The largest absolute Gasteiger partial charge is 0.300 e. The highest BCUT2D eigenvalue weighted by molar-refractivity contribution is 5.84. The summed E-state index contributed by atoms with van der Waals surface area (Å²) in [5, 5.41) is 1.15. The lowest BCUT2D eigenvalue weighted by Gasteiger charge is -2.12. The summed E-state index contributed by atoms with van der Waals surface area (Å²) in [6.45, 7) is 3.73. The van der Waals surface area contributed by atoms with E-state index in [-0.39, 0.29) is 11.7 Å². The van der Waals surface area contributed by atoms with Crippen LogP contribution in [0.25, 0.3) is 10.9 Å². The van der Waals surface area contributed by atoms with Crippen LogP contribution in [0.4, 0.5) is 0 Å². The van der Waals surface area contributed by atoms with Crippen LogP contribution < -0.4 is 0 Å². The van der Waals surface area contributed by atoms with Crippen molar-refractivity contribution in [1.29, 1.82) is 0 Å². The van der Waals surface area contributed by atoms with E-state index in [0.29, 0.717) is 6.42 Å². The van der Waals surface area contributed by atoms with Crippen molar-refractivity contribution < 1.29 is 4.79 Å². The van der Waals surface area contributed by atoms with E-state index >= 15 is 0 Å². The average molecular weight is 213 g/mol. The van der Waals surface area contributed by atoms with Gasteiger partial charge in [-0.1, -0.05) is 25.1 Å². The Balaban J connectivity index is 2.47. The third-order valence-electron chi connectivity index (χ3n) is 2.80. The minimum absolute atomic E-state index is 0.230. The van der Waals surface area contributed by atoms with Gasteiger partial charge in [0.25, 0.3) is 0 Å². The van der Waals surface area contributed by atoms with Crippen molar-refractivity contribution in [2.24, 2.45) is 0 Å². The van der Waals surface area contributed by atoms with Crippen LogP contribution in [0.2, 0.25) is 0 Å².